The number of hydrogen-bond donors (Lipinski definition) is 1. The molecule has 0 amide bonds. The van der Waals surface area contributed by atoms with E-state index < -0.39 is 0 Å². The van der Waals surface area contributed by atoms with Crippen LogP contribution in [0.1, 0.15) is 49.9 Å². The first-order chi connectivity index (χ1) is 15.6. The number of aromatic nitrogens is 2. The van der Waals surface area contributed by atoms with Crippen molar-refractivity contribution in [3.05, 3.63) is 64.9 Å². The molecule has 1 aromatic heterocycles. The van der Waals surface area contributed by atoms with Gasteiger partial charge in [0.1, 0.15) is 11.6 Å². The maximum absolute atomic E-state index is 5.97. The lowest BCUT2D eigenvalue weighted by Crippen LogP contribution is -2.34. The van der Waals surface area contributed by atoms with E-state index in [1.807, 2.05) is 12.1 Å². The van der Waals surface area contributed by atoms with Crippen molar-refractivity contribution in [2.75, 3.05) is 25.5 Å². The number of rotatable bonds is 9. The normalized spacial score (nSPS) is 18.7. The zero-order valence-electron chi connectivity index (χ0n) is 19.4. The van der Waals surface area contributed by atoms with Crippen molar-refractivity contribution in [3.8, 4) is 0 Å². The van der Waals surface area contributed by atoms with Gasteiger partial charge in [-0.25, -0.2) is 9.97 Å². The van der Waals surface area contributed by atoms with Gasteiger partial charge in [0.2, 0.25) is 0 Å². The highest BCUT2D eigenvalue weighted by atomic mass is 35.5. The van der Waals surface area contributed by atoms with Crippen molar-refractivity contribution in [1.29, 1.82) is 0 Å². The summed E-state index contributed by atoms with van der Waals surface area (Å²) < 4.78 is 0. The van der Waals surface area contributed by atoms with Crippen molar-refractivity contribution in [2.24, 2.45) is 5.92 Å². The molecule has 1 N–H and O–H groups in total. The topological polar surface area (TPSA) is 41.1 Å². The molecule has 1 aliphatic carbocycles. The third kappa shape index (κ3) is 6.20. The molecule has 0 saturated heterocycles. The van der Waals surface area contributed by atoms with Gasteiger partial charge in [-0.2, -0.15) is 0 Å². The fourth-order valence-corrected chi connectivity index (χ4v) is 4.96. The highest BCUT2D eigenvalue weighted by Crippen LogP contribution is 2.29. The Balaban J connectivity index is 1.19. The van der Waals surface area contributed by atoms with Gasteiger partial charge in [-0.3, -0.25) is 0 Å². The Kier molecular flexibility index (Phi) is 7.99. The second-order valence-electron chi connectivity index (χ2n) is 9.32. The predicted octanol–water partition coefficient (Wildman–Crippen LogP) is 6.06. The van der Waals surface area contributed by atoms with Gasteiger partial charge in [-0.15, -0.1) is 0 Å². The number of aryl methyl sites for hydroxylation is 1. The molecule has 0 unspecified atom stereocenters. The zero-order valence-corrected chi connectivity index (χ0v) is 20.1. The first kappa shape index (κ1) is 23.0. The summed E-state index contributed by atoms with van der Waals surface area (Å²) in [5.74, 6) is 2.85. The standard InChI is InChI=1S/C27H35ClN4/c1-32(2)27-24-7-3-4-8-25(24)30-26(31-27)9-5-6-20-12-16-23(17-13-20)29-19-18-21-10-14-22(28)15-11-21/h3-4,7-8,10-11,14-15,20,23,29H,5-6,9,12-13,16-19H2,1-2H3. The van der Waals surface area contributed by atoms with E-state index in [1.165, 1.54) is 44.1 Å². The van der Waals surface area contributed by atoms with Gasteiger partial charge in [-0.1, -0.05) is 42.3 Å². The summed E-state index contributed by atoms with van der Waals surface area (Å²) in [4.78, 5) is 11.8. The quantitative estimate of drug-likeness (QED) is 0.430. The minimum Gasteiger partial charge on any atom is -0.362 e. The van der Waals surface area contributed by atoms with Crippen LogP contribution in [0.15, 0.2) is 48.5 Å². The Bertz CT molecular complexity index is 994. The van der Waals surface area contributed by atoms with E-state index in [2.05, 4.69) is 60.7 Å². The monoisotopic (exact) mass is 450 g/mol. The Morgan fingerprint density at radius 2 is 1.69 bits per heavy atom. The van der Waals surface area contributed by atoms with Crippen LogP contribution in [0.5, 0.6) is 0 Å². The predicted molar refractivity (Wildman–Crippen MR) is 136 cm³/mol. The lowest BCUT2D eigenvalue weighted by molar-refractivity contribution is 0.277. The van der Waals surface area contributed by atoms with Gasteiger partial charge in [0.25, 0.3) is 0 Å². The number of benzene rings is 2. The Hall–Kier alpha value is -2.17. The summed E-state index contributed by atoms with van der Waals surface area (Å²) in [6.45, 7) is 1.05. The summed E-state index contributed by atoms with van der Waals surface area (Å²) in [6.07, 6.45) is 9.74. The Labute approximate surface area is 197 Å². The number of nitrogens with one attached hydrogen (secondary N) is 1. The highest BCUT2D eigenvalue weighted by molar-refractivity contribution is 6.30. The number of hydrogen-bond acceptors (Lipinski definition) is 4. The van der Waals surface area contributed by atoms with E-state index in [-0.39, 0.29) is 0 Å². The average molecular weight is 451 g/mol. The maximum atomic E-state index is 5.97. The number of fused-ring (bicyclic) bond motifs is 1. The summed E-state index contributed by atoms with van der Waals surface area (Å²) in [6, 6.07) is 17.2. The molecule has 1 saturated carbocycles. The number of para-hydroxylation sites is 1. The first-order valence-corrected chi connectivity index (χ1v) is 12.4. The molecule has 0 spiro atoms. The van der Waals surface area contributed by atoms with Crippen LogP contribution in [-0.2, 0) is 12.8 Å². The van der Waals surface area contributed by atoms with Crippen LogP contribution in [-0.4, -0.2) is 36.6 Å². The number of halogens is 1. The third-order valence-corrected chi connectivity index (χ3v) is 6.92. The molecule has 5 heteroatoms. The summed E-state index contributed by atoms with van der Waals surface area (Å²) in [5, 5.41) is 5.70. The van der Waals surface area contributed by atoms with Crippen molar-refractivity contribution in [1.82, 2.24) is 15.3 Å². The molecular weight excluding hydrogens is 416 g/mol. The molecule has 1 fully saturated rings. The van der Waals surface area contributed by atoms with Gasteiger partial charge in [0, 0.05) is 37.0 Å². The molecule has 32 heavy (non-hydrogen) atoms. The lowest BCUT2D eigenvalue weighted by atomic mass is 9.83. The van der Waals surface area contributed by atoms with E-state index >= 15 is 0 Å². The highest BCUT2D eigenvalue weighted by Gasteiger charge is 2.20. The molecule has 170 valence electrons. The fourth-order valence-electron chi connectivity index (χ4n) is 4.84. The molecule has 0 atom stereocenters. The molecule has 3 aromatic rings. The van der Waals surface area contributed by atoms with Crippen LogP contribution in [0.2, 0.25) is 5.02 Å². The Morgan fingerprint density at radius 3 is 2.44 bits per heavy atom. The van der Waals surface area contributed by atoms with Crippen LogP contribution in [0, 0.1) is 5.92 Å². The maximum Gasteiger partial charge on any atom is 0.139 e. The minimum atomic E-state index is 0.671. The second kappa shape index (κ2) is 11.1. The van der Waals surface area contributed by atoms with Gasteiger partial charge in [-0.05, 0) is 80.8 Å². The minimum absolute atomic E-state index is 0.671. The molecule has 1 heterocycles. The van der Waals surface area contributed by atoms with Gasteiger partial charge < -0.3 is 10.2 Å². The van der Waals surface area contributed by atoms with Crippen molar-refractivity contribution >= 4 is 28.3 Å². The molecule has 2 aromatic carbocycles. The van der Waals surface area contributed by atoms with Gasteiger partial charge in [0.05, 0.1) is 5.52 Å². The molecule has 0 bridgehead atoms. The third-order valence-electron chi connectivity index (χ3n) is 6.67. The van der Waals surface area contributed by atoms with Gasteiger partial charge in [0.15, 0.2) is 0 Å². The fraction of sp³-hybridized carbons (Fsp3) is 0.481. The van der Waals surface area contributed by atoms with Crippen molar-refractivity contribution in [3.63, 3.8) is 0 Å². The van der Waals surface area contributed by atoms with Crippen molar-refractivity contribution in [2.45, 2.75) is 57.4 Å². The van der Waals surface area contributed by atoms with E-state index in [0.717, 1.165) is 52.9 Å². The van der Waals surface area contributed by atoms with Crippen LogP contribution in [0.3, 0.4) is 0 Å². The van der Waals surface area contributed by atoms with E-state index in [0.29, 0.717) is 6.04 Å². The average Bonchev–Trinajstić information content (AvgIpc) is 2.81. The second-order valence-corrected chi connectivity index (χ2v) is 9.75. The van der Waals surface area contributed by atoms with Crippen molar-refractivity contribution < 1.29 is 0 Å². The lowest BCUT2D eigenvalue weighted by Gasteiger charge is -2.29. The van der Waals surface area contributed by atoms with Crippen LogP contribution in [0.4, 0.5) is 5.82 Å². The van der Waals surface area contributed by atoms with E-state index in [1.54, 1.807) is 0 Å². The molecular formula is C27H35ClN4. The largest absolute Gasteiger partial charge is 0.362 e. The number of anilines is 1. The van der Waals surface area contributed by atoms with Crippen LogP contribution < -0.4 is 10.2 Å². The molecule has 1 aliphatic rings. The smallest absolute Gasteiger partial charge is 0.139 e. The summed E-state index contributed by atoms with van der Waals surface area (Å²) in [7, 11) is 4.11. The van der Waals surface area contributed by atoms with Crippen LogP contribution >= 0.6 is 11.6 Å². The van der Waals surface area contributed by atoms with Gasteiger partial charge >= 0.3 is 0 Å². The summed E-state index contributed by atoms with van der Waals surface area (Å²) in [5.41, 5.74) is 2.40. The van der Waals surface area contributed by atoms with E-state index in [9.17, 15) is 0 Å². The van der Waals surface area contributed by atoms with Crippen LogP contribution in [0.25, 0.3) is 10.9 Å². The molecule has 4 rings (SSSR count). The molecule has 4 nitrogen and oxygen atoms in total. The van der Waals surface area contributed by atoms with E-state index in [4.69, 9.17) is 21.6 Å². The Morgan fingerprint density at radius 1 is 0.938 bits per heavy atom. The zero-order chi connectivity index (χ0) is 22.3. The molecule has 0 radical (unpaired) electrons. The number of nitrogens with zero attached hydrogens (tertiary/aromatic N) is 3. The molecule has 0 aliphatic heterocycles. The first-order valence-electron chi connectivity index (χ1n) is 12.0. The summed E-state index contributed by atoms with van der Waals surface area (Å²) >= 11 is 5.97. The SMILES string of the molecule is CN(C)c1nc(CCCC2CCC(NCCc3ccc(Cl)cc3)CC2)nc2ccccc12.